The number of aryl methyl sites for hydroxylation is 1. The molecule has 0 aromatic carbocycles. The minimum atomic E-state index is -0.859. The zero-order valence-corrected chi connectivity index (χ0v) is 12.4. The summed E-state index contributed by atoms with van der Waals surface area (Å²) < 4.78 is 13.5. The van der Waals surface area contributed by atoms with Crippen molar-refractivity contribution in [3.8, 4) is 0 Å². The predicted octanol–water partition coefficient (Wildman–Crippen LogP) is 1.10. The Labute approximate surface area is 118 Å². The van der Waals surface area contributed by atoms with Crippen molar-refractivity contribution in [3.05, 3.63) is 5.82 Å². The van der Waals surface area contributed by atoms with Crippen LogP contribution in [0.5, 0.6) is 0 Å². The molecule has 0 amide bonds. The Bertz CT molecular complexity index is 480. The van der Waals surface area contributed by atoms with Crippen molar-refractivity contribution >= 4 is 28.5 Å². The summed E-state index contributed by atoms with van der Waals surface area (Å²) in [6.07, 6.45) is 2.46. The van der Waals surface area contributed by atoms with Crippen molar-refractivity contribution in [1.82, 2.24) is 14.8 Å². The molecule has 1 aromatic heterocycles. The van der Waals surface area contributed by atoms with Crippen LogP contribution in [0.4, 0.5) is 0 Å². The fourth-order valence-corrected chi connectivity index (χ4v) is 4.20. The number of aromatic nitrogens is 3. The van der Waals surface area contributed by atoms with Gasteiger partial charge in [0.05, 0.1) is 5.75 Å². The predicted molar refractivity (Wildman–Crippen MR) is 73.9 cm³/mol. The first kappa shape index (κ1) is 14.5. The van der Waals surface area contributed by atoms with Gasteiger partial charge in [-0.15, -0.1) is 10.2 Å². The van der Waals surface area contributed by atoms with Crippen LogP contribution in [-0.4, -0.2) is 47.3 Å². The zero-order chi connectivity index (χ0) is 13.8. The maximum atomic E-state index is 11.4. The molecule has 0 aliphatic carbocycles. The standard InChI is InChI=1S/C11H17N3O3S2/c1-2-9-12-13-11(18-7-10(15)16)14(9)8-3-5-19(17)6-4-8/h8H,2-7H2,1H3,(H,15,16). The lowest BCUT2D eigenvalue weighted by molar-refractivity contribution is -0.133. The van der Waals surface area contributed by atoms with E-state index in [4.69, 9.17) is 5.11 Å². The van der Waals surface area contributed by atoms with E-state index in [-0.39, 0.29) is 11.8 Å². The van der Waals surface area contributed by atoms with E-state index < -0.39 is 16.8 Å². The number of carboxylic acid groups (broad SMARTS) is 1. The first-order valence-corrected chi connectivity index (χ1v) is 8.72. The van der Waals surface area contributed by atoms with Crippen molar-refractivity contribution < 1.29 is 14.1 Å². The normalized spacial score (nSPS) is 23.4. The summed E-state index contributed by atoms with van der Waals surface area (Å²) in [6, 6.07) is 0.249. The molecule has 1 saturated heterocycles. The lowest BCUT2D eigenvalue weighted by Crippen LogP contribution is -2.23. The first-order valence-electron chi connectivity index (χ1n) is 6.25. The van der Waals surface area contributed by atoms with Gasteiger partial charge in [-0.2, -0.15) is 0 Å². The highest BCUT2D eigenvalue weighted by Gasteiger charge is 2.24. The van der Waals surface area contributed by atoms with Crippen molar-refractivity contribution in [2.45, 2.75) is 37.4 Å². The third-order valence-electron chi connectivity index (χ3n) is 3.10. The highest BCUT2D eigenvalue weighted by atomic mass is 32.2. The van der Waals surface area contributed by atoms with E-state index in [1.807, 2.05) is 11.5 Å². The van der Waals surface area contributed by atoms with Crippen LogP contribution in [0.15, 0.2) is 5.16 Å². The molecule has 0 spiro atoms. The molecule has 19 heavy (non-hydrogen) atoms. The second-order valence-electron chi connectivity index (χ2n) is 4.38. The summed E-state index contributed by atoms with van der Waals surface area (Å²) in [5.74, 6) is 1.41. The minimum Gasteiger partial charge on any atom is -0.481 e. The van der Waals surface area contributed by atoms with Crippen molar-refractivity contribution in [3.63, 3.8) is 0 Å². The van der Waals surface area contributed by atoms with Crippen molar-refractivity contribution in [2.24, 2.45) is 0 Å². The van der Waals surface area contributed by atoms with Gasteiger partial charge in [-0.1, -0.05) is 18.7 Å². The quantitative estimate of drug-likeness (QED) is 0.820. The molecule has 1 aliphatic rings. The van der Waals surface area contributed by atoms with E-state index in [1.165, 1.54) is 11.8 Å². The average Bonchev–Trinajstić information content (AvgIpc) is 2.80. The largest absolute Gasteiger partial charge is 0.481 e. The Morgan fingerprint density at radius 3 is 2.74 bits per heavy atom. The van der Waals surface area contributed by atoms with Crippen LogP contribution in [-0.2, 0) is 22.0 Å². The average molecular weight is 303 g/mol. The third kappa shape index (κ3) is 3.56. The minimum absolute atomic E-state index is 0.0134. The molecule has 0 bridgehead atoms. The zero-order valence-electron chi connectivity index (χ0n) is 10.7. The maximum absolute atomic E-state index is 11.4. The van der Waals surface area contributed by atoms with Crippen LogP contribution in [0.2, 0.25) is 0 Å². The Kier molecular flexibility index (Phi) is 4.98. The number of rotatable bonds is 5. The molecule has 0 radical (unpaired) electrons. The summed E-state index contributed by atoms with van der Waals surface area (Å²) in [5, 5.41) is 17.6. The van der Waals surface area contributed by atoms with E-state index in [0.29, 0.717) is 16.7 Å². The molecule has 0 saturated carbocycles. The van der Waals surface area contributed by atoms with Gasteiger partial charge in [0.15, 0.2) is 5.16 Å². The summed E-state index contributed by atoms with van der Waals surface area (Å²) in [4.78, 5) is 10.7. The number of hydrogen-bond donors (Lipinski definition) is 1. The number of thioether (sulfide) groups is 1. The second kappa shape index (κ2) is 6.51. The number of carboxylic acids is 1. The Hall–Kier alpha value is -0.890. The van der Waals surface area contributed by atoms with Crippen LogP contribution >= 0.6 is 11.8 Å². The monoisotopic (exact) mass is 303 g/mol. The molecule has 0 atom stereocenters. The van der Waals surface area contributed by atoms with Crippen LogP contribution in [0.1, 0.15) is 31.6 Å². The molecular weight excluding hydrogens is 286 g/mol. The van der Waals surface area contributed by atoms with Crippen LogP contribution in [0.25, 0.3) is 0 Å². The van der Waals surface area contributed by atoms with Gasteiger partial charge in [-0.25, -0.2) is 0 Å². The Morgan fingerprint density at radius 2 is 2.16 bits per heavy atom. The first-order chi connectivity index (χ1) is 9.11. The number of hydrogen-bond acceptors (Lipinski definition) is 5. The molecule has 1 fully saturated rings. The van der Waals surface area contributed by atoms with E-state index in [9.17, 15) is 9.00 Å². The van der Waals surface area contributed by atoms with Crippen LogP contribution in [0, 0.1) is 0 Å². The van der Waals surface area contributed by atoms with Gasteiger partial charge in [0, 0.05) is 34.8 Å². The molecule has 1 aromatic rings. The summed E-state index contributed by atoms with van der Waals surface area (Å²) in [5.41, 5.74) is 0. The maximum Gasteiger partial charge on any atom is 0.313 e. The fourth-order valence-electron chi connectivity index (χ4n) is 2.18. The molecule has 0 unspecified atom stereocenters. The fraction of sp³-hybridized carbons (Fsp3) is 0.727. The number of nitrogens with zero attached hydrogens (tertiary/aromatic N) is 3. The summed E-state index contributed by atoms with van der Waals surface area (Å²) in [7, 11) is -0.704. The summed E-state index contributed by atoms with van der Waals surface area (Å²) in [6.45, 7) is 2.01. The highest BCUT2D eigenvalue weighted by Crippen LogP contribution is 2.29. The third-order valence-corrected chi connectivity index (χ3v) is 5.41. The molecule has 2 rings (SSSR count). The molecule has 106 valence electrons. The molecule has 1 N–H and O–H groups in total. The van der Waals surface area contributed by atoms with Gasteiger partial charge in [0.25, 0.3) is 0 Å². The second-order valence-corrected chi connectivity index (χ2v) is 7.02. The Morgan fingerprint density at radius 1 is 1.47 bits per heavy atom. The van der Waals surface area contributed by atoms with E-state index >= 15 is 0 Å². The number of aliphatic carboxylic acids is 1. The van der Waals surface area contributed by atoms with Crippen LogP contribution in [0.3, 0.4) is 0 Å². The van der Waals surface area contributed by atoms with Gasteiger partial charge < -0.3 is 9.67 Å². The smallest absolute Gasteiger partial charge is 0.313 e. The van der Waals surface area contributed by atoms with Gasteiger partial charge >= 0.3 is 5.97 Å². The van der Waals surface area contributed by atoms with Crippen molar-refractivity contribution in [1.29, 1.82) is 0 Å². The molecule has 1 aliphatic heterocycles. The molecule has 2 heterocycles. The van der Waals surface area contributed by atoms with Gasteiger partial charge in [0.1, 0.15) is 5.82 Å². The van der Waals surface area contributed by atoms with E-state index in [2.05, 4.69) is 10.2 Å². The highest BCUT2D eigenvalue weighted by molar-refractivity contribution is 7.99. The van der Waals surface area contributed by atoms with Gasteiger partial charge in [0.2, 0.25) is 0 Å². The van der Waals surface area contributed by atoms with E-state index in [0.717, 1.165) is 25.1 Å². The topological polar surface area (TPSA) is 85.1 Å². The summed E-state index contributed by atoms with van der Waals surface area (Å²) >= 11 is 1.20. The van der Waals surface area contributed by atoms with Crippen LogP contribution < -0.4 is 0 Å². The molecule has 6 nitrogen and oxygen atoms in total. The van der Waals surface area contributed by atoms with E-state index in [1.54, 1.807) is 0 Å². The molecule has 8 heteroatoms. The number of carbonyl (C=O) groups is 1. The van der Waals surface area contributed by atoms with Gasteiger partial charge in [-0.05, 0) is 12.8 Å². The lowest BCUT2D eigenvalue weighted by atomic mass is 10.1. The van der Waals surface area contributed by atoms with Gasteiger partial charge in [-0.3, -0.25) is 9.00 Å². The lowest BCUT2D eigenvalue weighted by Gasteiger charge is -2.25. The Balaban J connectivity index is 2.18. The molecular formula is C11H17N3O3S2. The van der Waals surface area contributed by atoms with Crippen molar-refractivity contribution in [2.75, 3.05) is 17.3 Å². The SMILES string of the molecule is CCc1nnc(SCC(=O)O)n1C1CCS(=O)CC1.